The Labute approximate surface area is 162 Å². The molecule has 1 atom stereocenters. The molecule has 1 fully saturated rings. The van der Waals surface area contributed by atoms with Crippen LogP contribution in [0.15, 0.2) is 54.9 Å². The van der Waals surface area contributed by atoms with Crippen molar-refractivity contribution in [3.63, 3.8) is 0 Å². The molecule has 1 N–H and O–H groups in total. The summed E-state index contributed by atoms with van der Waals surface area (Å²) in [6.45, 7) is 1.12. The zero-order chi connectivity index (χ0) is 19.3. The number of benzene rings is 1. The Hall–Kier alpha value is -3.22. The molecule has 0 unspecified atom stereocenters. The number of amides is 1. The lowest BCUT2D eigenvalue weighted by Gasteiger charge is -2.23. The lowest BCUT2D eigenvalue weighted by molar-refractivity contribution is 0.0732. The predicted molar refractivity (Wildman–Crippen MR) is 101 cm³/mol. The fourth-order valence-electron chi connectivity index (χ4n) is 3.49. The first-order chi connectivity index (χ1) is 13.7. The second-order valence-electron chi connectivity index (χ2n) is 6.77. The van der Waals surface area contributed by atoms with Crippen LogP contribution in [0.3, 0.4) is 0 Å². The van der Waals surface area contributed by atoms with Crippen LogP contribution in [0.4, 0.5) is 4.39 Å². The van der Waals surface area contributed by atoms with Crippen molar-refractivity contribution >= 4 is 5.91 Å². The Morgan fingerprint density at radius 3 is 3.04 bits per heavy atom. The van der Waals surface area contributed by atoms with E-state index in [1.807, 2.05) is 11.0 Å². The number of aromatic amines is 1. The normalized spacial score (nSPS) is 16.3. The van der Waals surface area contributed by atoms with Gasteiger partial charge in [0.25, 0.3) is 5.91 Å². The molecule has 4 rings (SSSR count). The largest absolute Gasteiger partial charge is 0.493 e. The topological polar surface area (TPSA) is 71.1 Å². The summed E-state index contributed by atoms with van der Waals surface area (Å²) in [6.07, 6.45) is 5.70. The number of H-pyrrole nitrogens is 1. The Morgan fingerprint density at radius 1 is 1.29 bits per heavy atom. The third-order valence-electron chi connectivity index (χ3n) is 4.85. The molecule has 1 aliphatic heterocycles. The number of aromatic nitrogens is 3. The summed E-state index contributed by atoms with van der Waals surface area (Å²) in [4.78, 5) is 18.7. The number of carbonyl (C=O) groups is 1. The van der Waals surface area contributed by atoms with Crippen molar-refractivity contribution in [2.45, 2.75) is 25.3 Å². The van der Waals surface area contributed by atoms with Gasteiger partial charge in [-0.25, -0.2) is 4.39 Å². The molecule has 28 heavy (non-hydrogen) atoms. The van der Waals surface area contributed by atoms with E-state index in [4.69, 9.17) is 4.74 Å². The van der Waals surface area contributed by atoms with Crippen LogP contribution in [0.1, 0.15) is 40.6 Å². The van der Waals surface area contributed by atoms with Gasteiger partial charge in [0, 0.05) is 37.1 Å². The molecule has 1 saturated heterocycles. The van der Waals surface area contributed by atoms with Gasteiger partial charge in [0.15, 0.2) is 0 Å². The number of rotatable bonds is 6. The molecule has 2 aromatic heterocycles. The molecule has 0 bridgehead atoms. The van der Waals surface area contributed by atoms with Gasteiger partial charge >= 0.3 is 0 Å². The Bertz CT molecular complexity index is 944. The fraction of sp³-hybridized carbons (Fsp3) is 0.286. The third-order valence-corrected chi connectivity index (χ3v) is 4.85. The minimum atomic E-state index is -0.319. The highest BCUT2D eigenvalue weighted by Crippen LogP contribution is 2.32. The summed E-state index contributed by atoms with van der Waals surface area (Å²) in [7, 11) is 0. The third kappa shape index (κ3) is 4.03. The van der Waals surface area contributed by atoms with Crippen molar-refractivity contribution in [3.8, 4) is 5.75 Å². The van der Waals surface area contributed by atoms with Gasteiger partial charge < -0.3 is 9.64 Å². The molecule has 1 aromatic carbocycles. The average Bonchev–Trinajstić information content (AvgIpc) is 3.37. The highest BCUT2D eigenvalue weighted by atomic mass is 19.1. The van der Waals surface area contributed by atoms with Crippen molar-refractivity contribution in [3.05, 3.63) is 77.6 Å². The van der Waals surface area contributed by atoms with Gasteiger partial charge in [0.2, 0.25) is 0 Å². The zero-order valence-electron chi connectivity index (χ0n) is 15.3. The number of ether oxygens (including phenoxy) is 1. The number of likely N-dealkylation sites (tertiary alicyclic amines) is 1. The van der Waals surface area contributed by atoms with E-state index in [2.05, 4.69) is 15.2 Å². The molecule has 3 heterocycles. The summed E-state index contributed by atoms with van der Waals surface area (Å²) < 4.78 is 18.8. The summed E-state index contributed by atoms with van der Waals surface area (Å²) in [6, 6.07) is 11.6. The van der Waals surface area contributed by atoms with E-state index in [-0.39, 0.29) is 17.8 Å². The molecule has 7 heteroatoms. The quantitative estimate of drug-likeness (QED) is 0.710. The number of nitrogens with zero attached hydrogens (tertiary/aromatic N) is 3. The average molecular weight is 380 g/mol. The van der Waals surface area contributed by atoms with E-state index in [0.717, 1.165) is 24.2 Å². The highest BCUT2D eigenvalue weighted by molar-refractivity contribution is 5.94. The van der Waals surface area contributed by atoms with Crippen molar-refractivity contribution in [2.24, 2.45) is 0 Å². The molecular weight excluding hydrogens is 359 g/mol. The van der Waals surface area contributed by atoms with Crippen molar-refractivity contribution < 1.29 is 13.9 Å². The molecule has 0 spiro atoms. The summed E-state index contributed by atoms with van der Waals surface area (Å²) >= 11 is 0. The van der Waals surface area contributed by atoms with E-state index in [1.54, 1.807) is 36.7 Å². The molecule has 1 amide bonds. The Balaban J connectivity index is 1.38. The molecule has 144 valence electrons. The van der Waals surface area contributed by atoms with Crippen molar-refractivity contribution in [1.29, 1.82) is 0 Å². The van der Waals surface area contributed by atoms with E-state index in [0.29, 0.717) is 30.9 Å². The van der Waals surface area contributed by atoms with Gasteiger partial charge in [0.05, 0.1) is 23.9 Å². The van der Waals surface area contributed by atoms with Crippen LogP contribution in [0, 0.1) is 5.82 Å². The number of hydrogen-bond donors (Lipinski definition) is 1. The molecule has 6 nitrogen and oxygen atoms in total. The van der Waals surface area contributed by atoms with Crippen LogP contribution >= 0.6 is 0 Å². The Morgan fingerprint density at radius 2 is 2.21 bits per heavy atom. The Kier molecular flexibility index (Phi) is 5.32. The molecule has 3 aromatic rings. The van der Waals surface area contributed by atoms with Gasteiger partial charge in [-0.3, -0.25) is 14.9 Å². The first kappa shape index (κ1) is 18.2. The first-order valence-corrected chi connectivity index (χ1v) is 9.34. The van der Waals surface area contributed by atoms with E-state index >= 15 is 0 Å². The first-order valence-electron chi connectivity index (χ1n) is 9.34. The van der Waals surface area contributed by atoms with Gasteiger partial charge in [-0.1, -0.05) is 6.07 Å². The standard InChI is InChI=1S/C21H21FN4O2/c22-16-5-1-6-18(12-16)28-11-8-17-13-19(25-24-17)20-7-3-10-26(20)21(27)15-4-2-9-23-14-15/h1-2,4-6,9,12-14,20H,3,7-8,10-11H2,(H,24,25)/t20-/m1/s1. The van der Waals surface area contributed by atoms with Gasteiger partial charge in [0.1, 0.15) is 11.6 Å². The lowest BCUT2D eigenvalue weighted by Crippen LogP contribution is -2.30. The van der Waals surface area contributed by atoms with Gasteiger partial charge in [-0.05, 0) is 43.2 Å². The fourth-order valence-corrected chi connectivity index (χ4v) is 3.49. The maximum absolute atomic E-state index is 13.2. The van der Waals surface area contributed by atoms with Crippen LogP contribution in [0.25, 0.3) is 0 Å². The highest BCUT2D eigenvalue weighted by Gasteiger charge is 2.32. The van der Waals surface area contributed by atoms with Crippen LogP contribution in [-0.2, 0) is 6.42 Å². The van der Waals surface area contributed by atoms with Crippen molar-refractivity contribution in [1.82, 2.24) is 20.1 Å². The minimum Gasteiger partial charge on any atom is -0.493 e. The second-order valence-corrected chi connectivity index (χ2v) is 6.77. The van der Waals surface area contributed by atoms with Crippen LogP contribution in [-0.4, -0.2) is 39.1 Å². The van der Waals surface area contributed by atoms with Crippen molar-refractivity contribution in [2.75, 3.05) is 13.2 Å². The van der Waals surface area contributed by atoms with E-state index in [9.17, 15) is 9.18 Å². The molecular formula is C21H21FN4O2. The SMILES string of the molecule is O=C(c1cccnc1)N1CCC[C@@H]1c1cc(CCOc2cccc(F)c2)[nH]n1. The van der Waals surface area contributed by atoms with Gasteiger partial charge in [-0.15, -0.1) is 0 Å². The van der Waals surface area contributed by atoms with E-state index in [1.165, 1.54) is 12.1 Å². The molecule has 0 aliphatic carbocycles. The summed E-state index contributed by atoms with van der Waals surface area (Å²) in [5, 5.41) is 7.44. The second kappa shape index (κ2) is 8.21. The van der Waals surface area contributed by atoms with Crippen LogP contribution in [0.5, 0.6) is 5.75 Å². The summed E-state index contributed by atoms with van der Waals surface area (Å²) in [5.41, 5.74) is 2.37. The van der Waals surface area contributed by atoms with E-state index < -0.39 is 0 Å². The number of halogens is 1. The lowest BCUT2D eigenvalue weighted by atomic mass is 10.1. The number of carbonyl (C=O) groups excluding carboxylic acids is 1. The van der Waals surface area contributed by atoms with Crippen LogP contribution < -0.4 is 4.74 Å². The smallest absolute Gasteiger partial charge is 0.255 e. The summed E-state index contributed by atoms with van der Waals surface area (Å²) in [5.74, 6) is 0.166. The van der Waals surface area contributed by atoms with Crippen LogP contribution in [0.2, 0.25) is 0 Å². The predicted octanol–water partition coefficient (Wildman–Crippen LogP) is 3.54. The number of pyridine rings is 1. The molecule has 0 saturated carbocycles. The molecule has 1 aliphatic rings. The van der Waals surface area contributed by atoms with Gasteiger partial charge in [-0.2, -0.15) is 5.10 Å². The number of nitrogens with one attached hydrogen (secondary N) is 1. The minimum absolute atomic E-state index is 0.0189. The number of hydrogen-bond acceptors (Lipinski definition) is 4. The molecule has 0 radical (unpaired) electrons. The monoisotopic (exact) mass is 380 g/mol. The maximum Gasteiger partial charge on any atom is 0.255 e. The zero-order valence-corrected chi connectivity index (χ0v) is 15.3. The maximum atomic E-state index is 13.2.